The van der Waals surface area contributed by atoms with E-state index in [9.17, 15) is 4.39 Å². The molecule has 1 unspecified atom stereocenters. The van der Waals surface area contributed by atoms with E-state index in [4.69, 9.17) is 0 Å². The van der Waals surface area contributed by atoms with E-state index in [2.05, 4.69) is 19.2 Å². The van der Waals surface area contributed by atoms with E-state index in [1.165, 1.54) is 25.7 Å². The molecule has 0 spiro atoms. The van der Waals surface area contributed by atoms with Crippen molar-refractivity contribution in [3.8, 4) is 0 Å². The topological polar surface area (TPSA) is 12.0 Å². The average Bonchev–Trinajstić information content (AvgIpc) is 2.36. The van der Waals surface area contributed by atoms with Crippen molar-refractivity contribution in [3.05, 3.63) is 35.6 Å². The minimum atomic E-state index is -0.0334. The van der Waals surface area contributed by atoms with Gasteiger partial charge >= 0.3 is 0 Å². The Balaban J connectivity index is 1.55. The smallest absolute Gasteiger partial charge is 0.126 e. The van der Waals surface area contributed by atoms with Gasteiger partial charge in [-0.2, -0.15) is 0 Å². The second-order valence-electron chi connectivity index (χ2n) is 7.34. The number of hydrogen-bond donors (Lipinski definition) is 1. The van der Waals surface area contributed by atoms with Gasteiger partial charge in [-0.25, -0.2) is 4.39 Å². The molecule has 20 heavy (non-hydrogen) atoms. The highest BCUT2D eigenvalue weighted by molar-refractivity contribution is 5.24. The van der Waals surface area contributed by atoms with Crippen LogP contribution in [0.2, 0.25) is 0 Å². The molecule has 2 fully saturated rings. The molecule has 1 aromatic rings. The molecule has 3 rings (SSSR count). The molecule has 1 N–H and O–H groups in total. The third kappa shape index (κ3) is 2.76. The van der Waals surface area contributed by atoms with Gasteiger partial charge in [0.15, 0.2) is 0 Å². The highest BCUT2D eigenvalue weighted by Crippen LogP contribution is 2.41. The summed E-state index contributed by atoms with van der Waals surface area (Å²) < 4.78 is 13.7. The van der Waals surface area contributed by atoms with E-state index in [1.807, 2.05) is 12.1 Å². The van der Waals surface area contributed by atoms with E-state index in [0.717, 1.165) is 18.4 Å². The zero-order chi connectivity index (χ0) is 14.2. The molecule has 2 heteroatoms. The Hall–Kier alpha value is -0.890. The van der Waals surface area contributed by atoms with Crippen LogP contribution in [0.4, 0.5) is 4.39 Å². The summed E-state index contributed by atoms with van der Waals surface area (Å²) in [6.07, 6.45) is 7.53. The molecule has 0 amide bonds. The summed E-state index contributed by atoms with van der Waals surface area (Å²) in [5, 5.41) is 3.84. The van der Waals surface area contributed by atoms with Crippen LogP contribution in [0.15, 0.2) is 24.3 Å². The fraction of sp³-hybridized carbons (Fsp3) is 0.667. The number of halogens is 1. The first-order chi connectivity index (χ1) is 9.56. The van der Waals surface area contributed by atoms with Crippen molar-refractivity contribution < 1.29 is 4.39 Å². The van der Waals surface area contributed by atoms with Crippen molar-refractivity contribution in [1.29, 1.82) is 0 Å². The van der Waals surface area contributed by atoms with Crippen molar-refractivity contribution in [2.24, 2.45) is 5.41 Å². The SMILES string of the molecule is CC1(C)CCCCC1NC1CC(c2ccccc2F)C1. The molecule has 0 radical (unpaired) electrons. The standard InChI is InChI=1S/C18H26FN/c1-18(2)10-6-5-9-17(18)20-14-11-13(12-14)15-7-3-4-8-16(15)19/h3-4,7-8,13-14,17,20H,5-6,9-12H2,1-2H3. The fourth-order valence-electron chi connectivity index (χ4n) is 3.90. The van der Waals surface area contributed by atoms with Crippen molar-refractivity contribution in [2.75, 3.05) is 0 Å². The van der Waals surface area contributed by atoms with E-state index in [1.54, 1.807) is 12.1 Å². The van der Waals surface area contributed by atoms with Gasteiger partial charge in [0, 0.05) is 12.1 Å². The summed E-state index contributed by atoms with van der Waals surface area (Å²) in [4.78, 5) is 0. The third-order valence-corrected chi connectivity index (χ3v) is 5.43. The number of hydrogen-bond acceptors (Lipinski definition) is 1. The van der Waals surface area contributed by atoms with Crippen LogP contribution in [0.25, 0.3) is 0 Å². The summed E-state index contributed by atoms with van der Waals surface area (Å²) in [5.74, 6) is 0.384. The van der Waals surface area contributed by atoms with Crippen LogP contribution in [0.1, 0.15) is 63.9 Å². The van der Waals surface area contributed by atoms with Crippen LogP contribution in [0.5, 0.6) is 0 Å². The van der Waals surface area contributed by atoms with Gasteiger partial charge in [0.1, 0.15) is 5.82 Å². The summed E-state index contributed by atoms with van der Waals surface area (Å²) >= 11 is 0. The first-order valence-electron chi connectivity index (χ1n) is 8.07. The van der Waals surface area contributed by atoms with Gasteiger partial charge in [-0.3, -0.25) is 0 Å². The molecule has 110 valence electrons. The lowest BCUT2D eigenvalue weighted by atomic mass is 9.70. The average molecular weight is 275 g/mol. The van der Waals surface area contributed by atoms with Crippen LogP contribution in [-0.2, 0) is 0 Å². The predicted octanol–water partition coefficient (Wildman–Crippen LogP) is 4.63. The van der Waals surface area contributed by atoms with Crippen molar-refractivity contribution in [1.82, 2.24) is 5.32 Å². The maximum absolute atomic E-state index is 13.7. The second kappa shape index (κ2) is 5.48. The first kappa shape index (κ1) is 14.1. The molecule has 0 bridgehead atoms. The minimum Gasteiger partial charge on any atom is -0.311 e. The van der Waals surface area contributed by atoms with Gasteiger partial charge in [-0.15, -0.1) is 0 Å². The summed E-state index contributed by atoms with van der Waals surface area (Å²) in [5.41, 5.74) is 1.33. The normalized spacial score (nSPS) is 32.6. The molecule has 0 saturated heterocycles. The highest BCUT2D eigenvalue weighted by Gasteiger charge is 2.38. The minimum absolute atomic E-state index is 0.0334. The quantitative estimate of drug-likeness (QED) is 0.848. The molecule has 0 aliphatic heterocycles. The molecule has 0 heterocycles. The first-order valence-corrected chi connectivity index (χ1v) is 8.07. The lowest BCUT2D eigenvalue weighted by Crippen LogP contribution is -2.52. The molecule has 1 atom stereocenters. The van der Waals surface area contributed by atoms with Crippen LogP contribution in [0, 0.1) is 11.2 Å². The largest absolute Gasteiger partial charge is 0.311 e. The summed E-state index contributed by atoms with van der Waals surface area (Å²) in [7, 11) is 0. The maximum atomic E-state index is 13.7. The zero-order valence-corrected chi connectivity index (χ0v) is 12.7. The van der Waals surface area contributed by atoms with E-state index in [0.29, 0.717) is 23.4 Å². The van der Waals surface area contributed by atoms with E-state index < -0.39 is 0 Å². The van der Waals surface area contributed by atoms with E-state index >= 15 is 0 Å². The van der Waals surface area contributed by atoms with Gasteiger partial charge in [0.25, 0.3) is 0 Å². The Bertz CT molecular complexity index is 462. The van der Waals surface area contributed by atoms with Gasteiger partial charge in [-0.1, -0.05) is 44.9 Å². The highest BCUT2D eigenvalue weighted by atomic mass is 19.1. The van der Waals surface area contributed by atoms with E-state index in [-0.39, 0.29) is 5.82 Å². The second-order valence-corrected chi connectivity index (χ2v) is 7.34. The van der Waals surface area contributed by atoms with Gasteiger partial charge < -0.3 is 5.32 Å². The monoisotopic (exact) mass is 275 g/mol. The van der Waals surface area contributed by atoms with Crippen molar-refractivity contribution in [2.45, 2.75) is 70.4 Å². The van der Waals surface area contributed by atoms with Crippen LogP contribution in [0.3, 0.4) is 0 Å². The van der Waals surface area contributed by atoms with Crippen molar-refractivity contribution in [3.63, 3.8) is 0 Å². The molecular formula is C18H26FN. The van der Waals surface area contributed by atoms with Gasteiger partial charge in [0.2, 0.25) is 0 Å². The van der Waals surface area contributed by atoms with Gasteiger partial charge in [-0.05, 0) is 48.6 Å². The molecule has 2 aliphatic rings. The predicted molar refractivity (Wildman–Crippen MR) is 81.3 cm³/mol. The molecular weight excluding hydrogens is 249 g/mol. The Morgan fingerprint density at radius 2 is 1.90 bits per heavy atom. The van der Waals surface area contributed by atoms with Gasteiger partial charge in [0.05, 0.1) is 0 Å². The number of rotatable bonds is 3. The van der Waals surface area contributed by atoms with Crippen LogP contribution >= 0.6 is 0 Å². The maximum Gasteiger partial charge on any atom is 0.126 e. The number of nitrogens with one attached hydrogen (secondary N) is 1. The molecule has 1 nitrogen and oxygen atoms in total. The lowest BCUT2D eigenvalue weighted by molar-refractivity contribution is 0.130. The lowest BCUT2D eigenvalue weighted by Gasteiger charge is -2.45. The molecule has 2 saturated carbocycles. The molecule has 2 aliphatic carbocycles. The number of benzene rings is 1. The van der Waals surface area contributed by atoms with Crippen LogP contribution in [-0.4, -0.2) is 12.1 Å². The molecule has 0 aromatic heterocycles. The Kier molecular flexibility index (Phi) is 3.85. The Morgan fingerprint density at radius 1 is 1.15 bits per heavy atom. The fourth-order valence-corrected chi connectivity index (χ4v) is 3.90. The Labute approximate surface area is 122 Å². The molecule has 1 aromatic carbocycles. The third-order valence-electron chi connectivity index (χ3n) is 5.43. The van der Waals surface area contributed by atoms with Crippen LogP contribution < -0.4 is 5.32 Å². The Morgan fingerprint density at radius 3 is 2.60 bits per heavy atom. The summed E-state index contributed by atoms with van der Waals surface area (Å²) in [6, 6.07) is 8.48. The zero-order valence-electron chi connectivity index (χ0n) is 12.7. The van der Waals surface area contributed by atoms with Crippen molar-refractivity contribution >= 4 is 0 Å². The summed E-state index contributed by atoms with van der Waals surface area (Å²) in [6.45, 7) is 4.77.